The standard InChI is InChI=1S/C24H30N2O3/c1-4-17-29-22-13-11-20(18-23(22)28-3)12-14-24(27)25-15-8-16-26(2)19-21-9-6-5-7-10-21/h4-7,9-14,18H,1,8,15-17,19H2,2-3H3,(H,25,27)/b14-12+. The average molecular weight is 395 g/mol. The van der Waals surface area contributed by atoms with E-state index in [0.717, 1.165) is 25.1 Å². The van der Waals surface area contributed by atoms with Crippen LogP contribution in [0.25, 0.3) is 6.08 Å². The molecule has 0 fully saturated rings. The summed E-state index contributed by atoms with van der Waals surface area (Å²) < 4.78 is 10.9. The van der Waals surface area contributed by atoms with Crippen LogP contribution in [0.4, 0.5) is 0 Å². The third kappa shape index (κ3) is 8.23. The highest BCUT2D eigenvalue weighted by Gasteiger charge is 2.05. The van der Waals surface area contributed by atoms with Crippen molar-refractivity contribution in [2.45, 2.75) is 13.0 Å². The van der Waals surface area contributed by atoms with Gasteiger partial charge in [0.1, 0.15) is 6.61 Å². The third-order valence-corrected chi connectivity index (χ3v) is 4.28. The molecule has 5 nitrogen and oxygen atoms in total. The van der Waals surface area contributed by atoms with Crippen LogP contribution >= 0.6 is 0 Å². The van der Waals surface area contributed by atoms with Gasteiger partial charge < -0.3 is 19.7 Å². The van der Waals surface area contributed by atoms with Crippen molar-refractivity contribution in [1.29, 1.82) is 0 Å². The van der Waals surface area contributed by atoms with Crippen molar-refractivity contribution in [3.8, 4) is 11.5 Å². The third-order valence-electron chi connectivity index (χ3n) is 4.28. The molecule has 0 aromatic heterocycles. The Morgan fingerprint density at radius 3 is 2.69 bits per heavy atom. The molecule has 5 heteroatoms. The molecule has 2 aromatic rings. The first-order valence-corrected chi connectivity index (χ1v) is 9.72. The molecule has 1 amide bonds. The summed E-state index contributed by atoms with van der Waals surface area (Å²) >= 11 is 0. The van der Waals surface area contributed by atoms with Gasteiger partial charge in [0, 0.05) is 19.2 Å². The number of nitrogens with zero attached hydrogens (tertiary/aromatic N) is 1. The largest absolute Gasteiger partial charge is 0.493 e. The van der Waals surface area contributed by atoms with Crippen LogP contribution in [0.5, 0.6) is 11.5 Å². The highest BCUT2D eigenvalue weighted by atomic mass is 16.5. The van der Waals surface area contributed by atoms with E-state index in [-0.39, 0.29) is 5.91 Å². The molecule has 0 saturated carbocycles. The molecule has 0 spiro atoms. The van der Waals surface area contributed by atoms with E-state index in [1.807, 2.05) is 36.4 Å². The molecule has 0 atom stereocenters. The molecule has 0 aliphatic heterocycles. The number of ether oxygens (including phenoxy) is 2. The topological polar surface area (TPSA) is 50.8 Å². The molecule has 2 rings (SSSR count). The first-order valence-electron chi connectivity index (χ1n) is 9.72. The molecule has 154 valence electrons. The van der Waals surface area contributed by atoms with E-state index < -0.39 is 0 Å². The molecule has 0 aliphatic carbocycles. The number of carbonyl (C=O) groups is 1. The van der Waals surface area contributed by atoms with Crippen LogP contribution in [0.1, 0.15) is 17.5 Å². The lowest BCUT2D eigenvalue weighted by Gasteiger charge is -2.16. The second kappa shape index (κ2) is 12.4. The highest BCUT2D eigenvalue weighted by molar-refractivity contribution is 5.91. The minimum atomic E-state index is -0.110. The van der Waals surface area contributed by atoms with E-state index in [2.05, 4.69) is 36.0 Å². The summed E-state index contributed by atoms with van der Waals surface area (Å²) in [5, 5.41) is 2.92. The fraction of sp³-hybridized carbons (Fsp3) is 0.292. The lowest BCUT2D eigenvalue weighted by Crippen LogP contribution is -2.26. The van der Waals surface area contributed by atoms with Gasteiger partial charge in [-0.25, -0.2) is 0 Å². The first-order chi connectivity index (χ1) is 14.1. The Labute approximate surface area is 173 Å². The van der Waals surface area contributed by atoms with Crippen molar-refractivity contribution in [3.63, 3.8) is 0 Å². The zero-order valence-corrected chi connectivity index (χ0v) is 17.3. The van der Waals surface area contributed by atoms with Crippen molar-refractivity contribution < 1.29 is 14.3 Å². The number of hydrogen-bond donors (Lipinski definition) is 1. The van der Waals surface area contributed by atoms with E-state index in [1.54, 1.807) is 19.3 Å². The van der Waals surface area contributed by atoms with E-state index in [4.69, 9.17) is 9.47 Å². The molecule has 29 heavy (non-hydrogen) atoms. The number of amides is 1. The fourth-order valence-corrected chi connectivity index (χ4v) is 2.82. The van der Waals surface area contributed by atoms with E-state index in [0.29, 0.717) is 24.7 Å². The van der Waals surface area contributed by atoms with Crippen molar-refractivity contribution in [2.24, 2.45) is 0 Å². The number of nitrogens with one attached hydrogen (secondary N) is 1. The Kier molecular flexibility index (Phi) is 9.52. The van der Waals surface area contributed by atoms with Gasteiger partial charge in [0.2, 0.25) is 5.91 Å². The summed E-state index contributed by atoms with van der Waals surface area (Å²) in [7, 11) is 3.68. The lowest BCUT2D eigenvalue weighted by atomic mass is 10.2. The van der Waals surface area contributed by atoms with Crippen LogP contribution in [-0.4, -0.2) is 44.7 Å². The van der Waals surface area contributed by atoms with Gasteiger partial charge in [-0.1, -0.05) is 49.1 Å². The maximum Gasteiger partial charge on any atom is 0.243 e. The Balaban J connectivity index is 1.73. The summed E-state index contributed by atoms with van der Waals surface area (Å²) in [5.41, 5.74) is 2.16. The average Bonchev–Trinajstić information content (AvgIpc) is 2.74. The van der Waals surface area contributed by atoms with Gasteiger partial charge in [0.05, 0.1) is 7.11 Å². The van der Waals surface area contributed by atoms with Crippen molar-refractivity contribution >= 4 is 12.0 Å². The molecule has 2 aromatic carbocycles. The molecule has 0 unspecified atom stereocenters. The van der Waals surface area contributed by atoms with Gasteiger partial charge in [-0.15, -0.1) is 0 Å². The SMILES string of the molecule is C=CCOc1ccc(/C=C/C(=O)NCCCN(C)Cc2ccccc2)cc1OC. The minimum Gasteiger partial charge on any atom is -0.493 e. The molecular weight excluding hydrogens is 364 g/mol. The van der Waals surface area contributed by atoms with Crippen molar-refractivity contribution in [1.82, 2.24) is 10.2 Å². The second-order valence-corrected chi connectivity index (χ2v) is 6.71. The number of methoxy groups -OCH3 is 1. The smallest absolute Gasteiger partial charge is 0.243 e. The molecule has 0 heterocycles. The summed E-state index contributed by atoms with van der Waals surface area (Å²) in [5.74, 6) is 1.16. The van der Waals surface area contributed by atoms with Crippen LogP contribution in [0.2, 0.25) is 0 Å². The molecule has 1 N–H and O–H groups in total. The number of benzene rings is 2. The zero-order valence-electron chi connectivity index (χ0n) is 17.3. The quantitative estimate of drug-likeness (QED) is 0.337. The van der Waals surface area contributed by atoms with Crippen molar-refractivity contribution in [3.05, 3.63) is 78.4 Å². The summed E-state index contributed by atoms with van der Waals surface area (Å²) in [6, 6.07) is 15.9. The van der Waals surface area contributed by atoms with Gasteiger partial charge in [-0.2, -0.15) is 0 Å². The number of rotatable bonds is 12. The molecule has 0 radical (unpaired) electrons. The monoisotopic (exact) mass is 394 g/mol. The maximum atomic E-state index is 12.0. The minimum absolute atomic E-state index is 0.110. The molecule has 0 saturated heterocycles. The van der Waals surface area contributed by atoms with Crippen LogP contribution in [-0.2, 0) is 11.3 Å². The predicted octanol–water partition coefficient (Wildman–Crippen LogP) is 3.91. The van der Waals surface area contributed by atoms with Gasteiger partial charge >= 0.3 is 0 Å². The molecular formula is C24H30N2O3. The summed E-state index contributed by atoms with van der Waals surface area (Å²) in [6.07, 6.45) is 5.87. The van der Waals surface area contributed by atoms with Gasteiger partial charge in [0.25, 0.3) is 0 Å². The van der Waals surface area contributed by atoms with Crippen LogP contribution in [0.3, 0.4) is 0 Å². The van der Waals surface area contributed by atoms with E-state index in [9.17, 15) is 4.79 Å². The predicted molar refractivity (Wildman–Crippen MR) is 118 cm³/mol. The summed E-state index contributed by atoms with van der Waals surface area (Å²) in [6.45, 7) is 6.51. The Morgan fingerprint density at radius 1 is 1.17 bits per heavy atom. The maximum absolute atomic E-state index is 12.0. The Morgan fingerprint density at radius 2 is 1.97 bits per heavy atom. The van der Waals surface area contributed by atoms with Crippen LogP contribution in [0, 0.1) is 0 Å². The first kappa shape index (κ1) is 22.2. The van der Waals surface area contributed by atoms with Gasteiger partial charge in [-0.3, -0.25) is 4.79 Å². The highest BCUT2D eigenvalue weighted by Crippen LogP contribution is 2.28. The van der Waals surface area contributed by atoms with E-state index in [1.165, 1.54) is 11.6 Å². The van der Waals surface area contributed by atoms with Gasteiger partial charge in [0.15, 0.2) is 11.5 Å². The second-order valence-electron chi connectivity index (χ2n) is 6.71. The van der Waals surface area contributed by atoms with E-state index >= 15 is 0 Å². The van der Waals surface area contributed by atoms with Gasteiger partial charge in [-0.05, 0) is 49.3 Å². The Bertz CT molecular complexity index is 803. The molecule has 0 aliphatic rings. The van der Waals surface area contributed by atoms with Crippen molar-refractivity contribution in [2.75, 3.05) is 33.9 Å². The normalized spacial score (nSPS) is 10.9. The number of carbonyl (C=O) groups excluding carboxylic acids is 1. The summed E-state index contributed by atoms with van der Waals surface area (Å²) in [4.78, 5) is 14.3. The van der Waals surface area contributed by atoms with Crippen LogP contribution < -0.4 is 14.8 Å². The van der Waals surface area contributed by atoms with Crippen LogP contribution in [0.15, 0.2) is 67.3 Å². The lowest BCUT2D eigenvalue weighted by molar-refractivity contribution is -0.116. The molecule has 0 bridgehead atoms. The fourth-order valence-electron chi connectivity index (χ4n) is 2.82. The Hall–Kier alpha value is -3.05. The number of hydrogen-bond acceptors (Lipinski definition) is 4. The zero-order chi connectivity index (χ0) is 20.9.